The van der Waals surface area contributed by atoms with Crippen LogP contribution in [0.1, 0.15) is 16.7 Å². The molecule has 0 radical (unpaired) electrons. The van der Waals surface area contributed by atoms with Gasteiger partial charge in [0.15, 0.2) is 17.4 Å². The molecule has 0 spiro atoms. The summed E-state index contributed by atoms with van der Waals surface area (Å²) < 4.78 is 14.8. The first kappa shape index (κ1) is 19.7. The third-order valence-electron chi connectivity index (χ3n) is 4.23. The summed E-state index contributed by atoms with van der Waals surface area (Å²) in [4.78, 5) is 0.226. The number of nitrogens with one attached hydrogen (secondary N) is 1. The highest BCUT2D eigenvalue weighted by molar-refractivity contribution is 7.81. The number of hydrogen-bond acceptors (Lipinski definition) is 3. The Kier molecular flexibility index (Phi) is 6.13. The number of pyridine rings is 1. The van der Waals surface area contributed by atoms with Gasteiger partial charge in [-0.3, -0.25) is 0 Å². The molecular weight excluding hydrogens is 375 g/mol. The average Bonchev–Trinajstić information content (AvgIpc) is 2.70. The predicted molar refractivity (Wildman–Crippen MR) is 109 cm³/mol. The fourth-order valence-electron chi connectivity index (χ4n) is 2.73. The molecule has 2 aromatic carbocycles. The van der Waals surface area contributed by atoms with Gasteiger partial charge in [0.05, 0.1) is 6.61 Å². The Morgan fingerprint density at radius 3 is 2.50 bits per heavy atom. The van der Waals surface area contributed by atoms with Gasteiger partial charge in [-0.05, 0) is 48.1 Å². The lowest BCUT2D eigenvalue weighted by Crippen LogP contribution is -2.40. The van der Waals surface area contributed by atoms with E-state index in [-0.39, 0.29) is 23.1 Å². The largest absolute Gasteiger partial charge is 0.867 e. The van der Waals surface area contributed by atoms with E-state index in [9.17, 15) is 14.6 Å². The zero-order chi connectivity index (χ0) is 20.1. The second kappa shape index (κ2) is 8.73. The number of aliphatic hydroxyl groups excluding tert-OH is 1. The minimum atomic E-state index is -0.423. The Morgan fingerprint density at radius 2 is 1.82 bits per heavy atom. The van der Waals surface area contributed by atoms with Crippen molar-refractivity contribution in [3.63, 3.8) is 0 Å². The normalized spacial score (nSPS) is 11.7. The molecule has 0 saturated heterocycles. The van der Waals surface area contributed by atoms with Crippen molar-refractivity contribution in [3.05, 3.63) is 95.6 Å². The summed E-state index contributed by atoms with van der Waals surface area (Å²) in [5, 5.41) is 25.8. The molecule has 28 heavy (non-hydrogen) atoms. The Labute approximate surface area is 168 Å². The molecule has 0 aliphatic carbocycles. The van der Waals surface area contributed by atoms with Gasteiger partial charge in [0.25, 0.3) is 0 Å². The molecule has 0 fully saturated rings. The SMILES string of the molecule is Cc1ccccc1NC(=S)C(=C([O-])c1ccc(F)cc1)[n+]1cccc(CO)c1. The monoisotopic (exact) mass is 394 g/mol. The van der Waals surface area contributed by atoms with Crippen LogP contribution in [-0.4, -0.2) is 10.1 Å². The van der Waals surface area contributed by atoms with Crippen LogP contribution < -0.4 is 15.0 Å². The number of para-hydroxylation sites is 1. The van der Waals surface area contributed by atoms with Gasteiger partial charge in [0.2, 0.25) is 5.70 Å². The van der Waals surface area contributed by atoms with Crippen molar-refractivity contribution in [1.29, 1.82) is 0 Å². The highest BCUT2D eigenvalue weighted by atomic mass is 32.1. The van der Waals surface area contributed by atoms with Crippen molar-refractivity contribution >= 4 is 34.3 Å². The first-order chi connectivity index (χ1) is 13.5. The van der Waals surface area contributed by atoms with Gasteiger partial charge in [-0.15, -0.1) is 0 Å². The molecule has 1 aromatic heterocycles. The second-order valence-electron chi connectivity index (χ2n) is 6.23. The molecule has 4 nitrogen and oxygen atoms in total. The molecule has 0 aliphatic heterocycles. The van der Waals surface area contributed by atoms with Crippen LogP contribution in [0.15, 0.2) is 73.1 Å². The molecule has 3 rings (SSSR count). The lowest BCUT2D eigenvalue weighted by Gasteiger charge is -2.18. The van der Waals surface area contributed by atoms with Crippen molar-refractivity contribution in [2.75, 3.05) is 5.32 Å². The van der Waals surface area contributed by atoms with Gasteiger partial charge >= 0.3 is 0 Å². The molecule has 6 heteroatoms. The molecular formula is C22H19FN2O2S. The number of aromatic nitrogens is 1. The van der Waals surface area contributed by atoms with E-state index in [1.807, 2.05) is 31.2 Å². The van der Waals surface area contributed by atoms with Crippen LogP contribution in [-0.2, 0) is 6.61 Å². The molecule has 3 aromatic rings. The number of rotatable bonds is 5. The highest BCUT2D eigenvalue weighted by Gasteiger charge is 2.20. The summed E-state index contributed by atoms with van der Waals surface area (Å²) in [6.07, 6.45) is 3.32. The molecule has 0 amide bonds. The van der Waals surface area contributed by atoms with Crippen LogP contribution in [0.2, 0.25) is 0 Å². The van der Waals surface area contributed by atoms with Crippen molar-refractivity contribution in [3.8, 4) is 0 Å². The van der Waals surface area contributed by atoms with Crippen LogP contribution >= 0.6 is 12.2 Å². The van der Waals surface area contributed by atoms with E-state index in [0.717, 1.165) is 11.3 Å². The Morgan fingerprint density at radius 1 is 1.11 bits per heavy atom. The van der Waals surface area contributed by atoms with E-state index in [1.54, 1.807) is 29.1 Å². The van der Waals surface area contributed by atoms with Gasteiger partial charge in [-0.1, -0.05) is 42.5 Å². The van der Waals surface area contributed by atoms with E-state index >= 15 is 0 Å². The molecule has 2 N–H and O–H groups in total. The lowest BCUT2D eigenvalue weighted by atomic mass is 10.1. The summed E-state index contributed by atoms with van der Waals surface area (Å²) in [5.41, 5.74) is 2.92. The number of halogens is 1. The zero-order valence-electron chi connectivity index (χ0n) is 15.2. The third-order valence-corrected chi connectivity index (χ3v) is 4.53. The molecule has 0 atom stereocenters. The third kappa shape index (κ3) is 4.42. The summed E-state index contributed by atoms with van der Waals surface area (Å²) in [5.74, 6) is -0.778. The fourth-order valence-corrected chi connectivity index (χ4v) is 3.04. The first-order valence-electron chi connectivity index (χ1n) is 8.65. The minimum Gasteiger partial charge on any atom is -0.867 e. The molecule has 0 bridgehead atoms. The summed E-state index contributed by atoms with van der Waals surface area (Å²) in [7, 11) is 0. The number of aryl methyl sites for hydroxylation is 1. The maximum Gasteiger partial charge on any atom is 0.238 e. The first-order valence-corrected chi connectivity index (χ1v) is 9.06. The van der Waals surface area contributed by atoms with Crippen LogP contribution in [0.4, 0.5) is 10.1 Å². The number of nitrogens with zero attached hydrogens (tertiary/aromatic N) is 1. The summed E-state index contributed by atoms with van der Waals surface area (Å²) >= 11 is 5.55. The average molecular weight is 394 g/mol. The molecule has 0 aliphatic rings. The predicted octanol–water partition coefficient (Wildman–Crippen LogP) is 3.04. The van der Waals surface area contributed by atoms with Crippen LogP contribution in [0.3, 0.4) is 0 Å². The molecule has 1 heterocycles. The van der Waals surface area contributed by atoms with Gasteiger partial charge < -0.3 is 15.5 Å². The summed E-state index contributed by atoms with van der Waals surface area (Å²) in [6.45, 7) is 1.77. The smallest absolute Gasteiger partial charge is 0.238 e. The molecule has 0 saturated carbocycles. The van der Waals surface area contributed by atoms with Crippen molar-refractivity contribution in [1.82, 2.24) is 0 Å². The van der Waals surface area contributed by atoms with Gasteiger partial charge in [-0.25, -0.2) is 4.39 Å². The van der Waals surface area contributed by atoms with Crippen LogP contribution in [0.5, 0.6) is 0 Å². The Hall–Kier alpha value is -3.09. The van der Waals surface area contributed by atoms with E-state index in [1.165, 1.54) is 24.3 Å². The zero-order valence-corrected chi connectivity index (χ0v) is 16.0. The van der Waals surface area contributed by atoms with E-state index in [2.05, 4.69) is 5.32 Å². The highest BCUT2D eigenvalue weighted by Crippen LogP contribution is 2.19. The standard InChI is InChI=1S/C22H19FN2O2S/c1-15-5-2-3-7-19(15)24-22(28)20(25-12-4-6-16(13-25)14-26)21(27)17-8-10-18(23)11-9-17/h2-13,26H,14H2,1H3,(H-,24,27,28). The quantitative estimate of drug-likeness (QED) is 0.302. The Balaban J connectivity index is 2.10. The van der Waals surface area contributed by atoms with Gasteiger partial charge in [0, 0.05) is 17.3 Å². The number of anilines is 1. The maximum absolute atomic E-state index is 13.3. The number of thiocarbonyl (C=S) groups is 1. The maximum atomic E-state index is 13.3. The fraction of sp³-hybridized carbons (Fsp3) is 0.0909. The van der Waals surface area contributed by atoms with E-state index < -0.39 is 5.82 Å². The van der Waals surface area contributed by atoms with Gasteiger partial charge in [0.1, 0.15) is 5.82 Å². The van der Waals surface area contributed by atoms with Crippen molar-refractivity contribution in [2.45, 2.75) is 13.5 Å². The van der Waals surface area contributed by atoms with Crippen molar-refractivity contribution in [2.24, 2.45) is 0 Å². The van der Waals surface area contributed by atoms with Crippen LogP contribution in [0, 0.1) is 12.7 Å². The lowest BCUT2D eigenvalue weighted by molar-refractivity contribution is -0.578. The molecule has 0 unspecified atom stereocenters. The second-order valence-corrected chi connectivity index (χ2v) is 6.64. The topological polar surface area (TPSA) is 59.2 Å². The van der Waals surface area contributed by atoms with Crippen LogP contribution in [0.25, 0.3) is 11.5 Å². The molecule has 142 valence electrons. The number of aliphatic hydroxyl groups is 1. The van der Waals surface area contributed by atoms with E-state index in [0.29, 0.717) is 11.1 Å². The number of benzene rings is 2. The summed E-state index contributed by atoms with van der Waals surface area (Å²) in [6, 6.07) is 16.4. The van der Waals surface area contributed by atoms with Gasteiger partial charge in [-0.2, -0.15) is 4.57 Å². The Bertz CT molecular complexity index is 1030. The van der Waals surface area contributed by atoms with Crippen molar-refractivity contribution < 1.29 is 19.2 Å². The van der Waals surface area contributed by atoms with E-state index in [4.69, 9.17) is 12.2 Å². The minimum absolute atomic E-state index is 0.170. The number of hydrogen-bond donors (Lipinski definition) is 2.